The van der Waals surface area contributed by atoms with E-state index in [1.54, 1.807) is 19.1 Å². The van der Waals surface area contributed by atoms with Crippen LogP contribution in [-0.2, 0) is 10.0 Å². The van der Waals surface area contributed by atoms with Gasteiger partial charge in [0.15, 0.2) is 5.69 Å². The van der Waals surface area contributed by atoms with Crippen LogP contribution in [0.1, 0.15) is 23.8 Å². The number of anilines is 1. The highest BCUT2D eigenvalue weighted by atomic mass is 32.2. The maximum atomic E-state index is 11.8. The van der Waals surface area contributed by atoms with Crippen molar-refractivity contribution in [2.24, 2.45) is 0 Å². The zero-order valence-electron chi connectivity index (χ0n) is 11.7. The summed E-state index contributed by atoms with van der Waals surface area (Å²) in [5.41, 5.74) is 6.14. The van der Waals surface area contributed by atoms with Gasteiger partial charge in [-0.05, 0) is 18.6 Å². The van der Waals surface area contributed by atoms with Crippen LogP contribution in [0.3, 0.4) is 0 Å². The molecule has 112 valence electrons. The van der Waals surface area contributed by atoms with Gasteiger partial charge in [-0.1, -0.05) is 6.92 Å². The Balaban J connectivity index is 2.42. The SMILES string of the molecule is CCN(CCCNC(=O)c1ncccc1N)S(C)(=O)=O. The standard InChI is InChI=1S/C12H20N4O3S/c1-3-16(20(2,18)19)9-5-8-15-12(17)11-10(13)6-4-7-14-11/h4,6-7H,3,5,8-9,13H2,1-2H3,(H,15,17). The molecule has 0 spiro atoms. The topological polar surface area (TPSA) is 105 Å². The van der Waals surface area contributed by atoms with Gasteiger partial charge in [-0.25, -0.2) is 17.7 Å². The summed E-state index contributed by atoms with van der Waals surface area (Å²) in [6, 6.07) is 3.25. The van der Waals surface area contributed by atoms with Crippen LogP contribution in [0.25, 0.3) is 0 Å². The number of sulfonamides is 1. The van der Waals surface area contributed by atoms with E-state index in [0.29, 0.717) is 31.7 Å². The Morgan fingerprint density at radius 1 is 1.50 bits per heavy atom. The number of nitrogens with zero attached hydrogens (tertiary/aromatic N) is 2. The summed E-state index contributed by atoms with van der Waals surface area (Å²) in [4.78, 5) is 15.7. The van der Waals surface area contributed by atoms with Crippen LogP contribution >= 0.6 is 0 Å². The molecule has 0 atom stereocenters. The number of carbonyl (C=O) groups excluding carboxylic acids is 1. The fourth-order valence-corrected chi connectivity index (χ4v) is 2.64. The van der Waals surface area contributed by atoms with Crippen LogP contribution < -0.4 is 11.1 Å². The molecule has 0 fully saturated rings. The van der Waals surface area contributed by atoms with Gasteiger partial charge < -0.3 is 11.1 Å². The molecule has 0 radical (unpaired) electrons. The second kappa shape index (κ2) is 7.20. The van der Waals surface area contributed by atoms with Crippen LogP contribution in [0.5, 0.6) is 0 Å². The molecule has 0 saturated heterocycles. The normalized spacial score (nSPS) is 11.6. The van der Waals surface area contributed by atoms with E-state index in [-0.39, 0.29) is 11.6 Å². The van der Waals surface area contributed by atoms with E-state index in [1.165, 1.54) is 16.8 Å². The van der Waals surface area contributed by atoms with E-state index < -0.39 is 10.0 Å². The minimum absolute atomic E-state index is 0.183. The highest BCUT2D eigenvalue weighted by Crippen LogP contribution is 2.06. The summed E-state index contributed by atoms with van der Waals surface area (Å²) in [7, 11) is -3.19. The smallest absolute Gasteiger partial charge is 0.272 e. The summed E-state index contributed by atoms with van der Waals surface area (Å²) in [6.07, 6.45) is 3.19. The molecule has 0 aliphatic rings. The van der Waals surface area contributed by atoms with Gasteiger partial charge in [-0.15, -0.1) is 0 Å². The van der Waals surface area contributed by atoms with Gasteiger partial charge in [0, 0.05) is 25.8 Å². The largest absolute Gasteiger partial charge is 0.397 e. The van der Waals surface area contributed by atoms with E-state index in [1.807, 2.05) is 0 Å². The molecule has 1 heterocycles. The molecule has 1 rings (SSSR count). The summed E-state index contributed by atoms with van der Waals surface area (Å²) in [5.74, 6) is -0.356. The lowest BCUT2D eigenvalue weighted by atomic mass is 10.3. The number of nitrogens with two attached hydrogens (primary N) is 1. The first-order chi connectivity index (χ1) is 9.36. The van der Waals surface area contributed by atoms with Crippen molar-refractivity contribution in [2.75, 3.05) is 31.6 Å². The van der Waals surface area contributed by atoms with Gasteiger partial charge >= 0.3 is 0 Å². The minimum Gasteiger partial charge on any atom is -0.397 e. The molecule has 7 nitrogen and oxygen atoms in total. The average molecular weight is 300 g/mol. The van der Waals surface area contributed by atoms with Gasteiger partial charge in [0.25, 0.3) is 5.91 Å². The molecule has 1 aromatic rings. The van der Waals surface area contributed by atoms with Crippen molar-refractivity contribution in [1.29, 1.82) is 0 Å². The Kier molecular flexibility index (Phi) is 5.90. The van der Waals surface area contributed by atoms with E-state index in [4.69, 9.17) is 5.73 Å². The molecule has 0 aromatic carbocycles. The Bertz CT molecular complexity index is 560. The number of hydrogen-bond acceptors (Lipinski definition) is 5. The molecular formula is C12H20N4O3S. The first-order valence-corrected chi connectivity index (χ1v) is 8.15. The number of pyridine rings is 1. The van der Waals surface area contributed by atoms with E-state index >= 15 is 0 Å². The van der Waals surface area contributed by atoms with Gasteiger partial charge in [-0.2, -0.15) is 0 Å². The average Bonchev–Trinajstić information content (AvgIpc) is 2.37. The van der Waals surface area contributed by atoms with Crippen molar-refractivity contribution in [2.45, 2.75) is 13.3 Å². The van der Waals surface area contributed by atoms with E-state index in [0.717, 1.165) is 0 Å². The fourth-order valence-electron chi connectivity index (χ4n) is 1.71. The van der Waals surface area contributed by atoms with Crippen LogP contribution in [0.4, 0.5) is 5.69 Å². The molecule has 3 N–H and O–H groups in total. The Morgan fingerprint density at radius 2 is 2.20 bits per heavy atom. The summed E-state index contributed by atoms with van der Waals surface area (Å²) in [6.45, 7) is 2.92. The molecule has 0 aliphatic carbocycles. The second-order valence-corrected chi connectivity index (χ2v) is 6.29. The van der Waals surface area contributed by atoms with Crippen molar-refractivity contribution >= 4 is 21.6 Å². The number of aromatic nitrogens is 1. The molecule has 0 aliphatic heterocycles. The zero-order chi connectivity index (χ0) is 15.2. The predicted octanol–water partition coefficient (Wildman–Crippen LogP) is 0.0652. The molecule has 0 saturated carbocycles. The highest BCUT2D eigenvalue weighted by Gasteiger charge is 2.14. The van der Waals surface area contributed by atoms with Crippen molar-refractivity contribution in [1.82, 2.24) is 14.6 Å². The third-order valence-corrected chi connectivity index (χ3v) is 4.12. The predicted molar refractivity (Wildman–Crippen MR) is 77.7 cm³/mol. The fraction of sp³-hybridized carbons (Fsp3) is 0.500. The molecule has 0 bridgehead atoms. The van der Waals surface area contributed by atoms with Crippen LogP contribution in [0.15, 0.2) is 18.3 Å². The Hall–Kier alpha value is -1.67. The number of rotatable bonds is 7. The maximum Gasteiger partial charge on any atom is 0.272 e. The lowest BCUT2D eigenvalue weighted by Gasteiger charge is -2.17. The van der Waals surface area contributed by atoms with Crippen molar-refractivity contribution < 1.29 is 13.2 Å². The minimum atomic E-state index is -3.19. The van der Waals surface area contributed by atoms with E-state index in [9.17, 15) is 13.2 Å². The number of hydrogen-bond donors (Lipinski definition) is 2. The van der Waals surface area contributed by atoms with Crippen molar-refractivity contribution in [3.05, 3.63) is 24.0 Å². The first-order valence-electron chi connectivity index (χ1n) is 6.30. The summed E-state index contributed by atoms with van der Waals surface area (Å²) >= 11 is 0. The molecular weight excluding hydrogens is 280 g/mol. The number of carbonyl (C=O) groups is 1. The Morgan fingerprint density at radius 3 is 2.75 bits per heavy atom. The molecule has 1 amide bonds. The summed E-state index contributed by atoms with van der Waals surface area (Å²) in [5, 5.41) is 2.67. The van der Waals surface area contributed by atoms with Crippen LogP contribution in [-0.4, -0.2) is 49.5 Å². The maximum absolute atomic E-state index is 11.8. The van der Waals surface area contributed by atoms with Gasteiger partial charge in [0.05, 0.1) is 11.9 Å². The molecule has 0 unspecified atom stereocenters. The third-order valence-electron chi connectivity index (χ3n) is 2.75. The number of amides is 1. The van der Waals surface area contributed by atoms with Gasteiger partial charge in [-0.3, -0.25) is 4.79 Å². The lowest BCUT2D eigenvalue weighted by molar-refractivity contribution is 0.0949. The highest BCUT2D eigenvalue weighted by molar-refractivity contribution is 7.88. The van der Waals surface area contributed by atoms with E-state index in [2.05, 4.69) is 10.3 Å². The quantitative estimate of drug-likeness (QED) is 0.693. The first kappa shape index (κ1) is 16.4. The number of nitrogens with one attached hydrogen (secondary N) is 1. The zero-order valence-corrected chi connectivity index (χ0v) is 12.5. The molecule has 8 heteroatoms. The summed E-state index contributed by atoms with van der Waals surface area (Å²) < 4.78 is 24.1. The second-order valence-electron chi connectivity index (χ2n) is 4.31. The molecule has 1 aromatic heterocycles. The van der Waals surface area contributed by atoms with Crippen LogP contribution in [0, 0.1) is 0 Å². The third kappa shape index (κ3) is 4.78. The Labute approximate surface area is 119 Å². The number of nitrogen functional groups attached to an aromatic ring is 1. The van der Waals surface area contributed by atoms with Crippen molar-refractivity contribution in [3.8, 4) is 0 Å². The lowest BCUT2D eigenvalue weighted by Crippen LogP contribution is -2.33. The van der Waals surface area contributed by atoms with Crippen molar-refractivity contribution in [3.63, 3.8) is 0 Å². The van der Waals surface area contributed by atoms with Crippen LogP contribution in [0.2, 0.25) is 0 Å². The van der Waals surface area contributed by atoms with Gasteiger partial charge in [0.1, 0.15) is 0 Å². The molecule has 20 heavy (non-hydrogen) atoms. The van der Waals surface area contributed by atoms with Gasteiger partial charge in [0.2, 0.25) is 10.0 Å². The monoisotopic (exact) mass is 300 g/mol.